The molecule has 2 fully saturated rings. The van der Waals surface area contributed by atoms with E-state index in [9.17, 15) is 4.79 Å². The molecule has 2 aliphatic heterocycles. The molecule has 0 aromatic heterocycles. The molecule has 14 heavy (non-hydrogen) atoms. The van der Waals surface area contributed by atoms with Crippen LogP contribution in [0.1, 0.15) is 19.3 Å². The summed E-state index contributed by atoms with van der Waals surface area (Å²) in [5, 5.41) is 6.46. The Morgan fingerprint density at radius 3 is 3.00 bits per heavy atom. The average molecular weight is 198 g/mol. The van der Waals surface area contributed by atoms with Crippen molar-refractivity contribution in [1.82, 2.24) is 10.6 Å². The van der Waals surface area contributed by atoms with E-state index in [2.05, 4.69) is 10.6 Å². The molecule has 2 heterocycles. The van der Waals surface area contributed by atoms with Crippen LogP contribution in [0, 0.1) is 5.92 Å². The van der Waals surface area contributed by atoms with Gasteiger partial charge >= 0.3 is 0 Å². The van der Waals surface area contributed by atoms with Crippen molar-refractivity contribution in [3.8, 4) is 0 Å². The van der Waals surface area contributed by atoms with Gasteiger partial charge in [0.2, 0.25) is 5.91 Å². The van der Waals surface area contributed by atoms with Gasteiger partial charge in [0.05, 0.1) is 0 Å². The van der Waals surface area contributed by atoms with Crippen LogP contribution in [-0.4, -0.2) is 38.3 Å². The molecule has 80 valence electrons. The minimum atomic E-state index is -0.00438. The number of methoxy groups -OCH3 is 1. The highest BCUT2D eigenvalue weighted by molar-refractivity contribution is 5.77. The number of nitrogens with one attached hydrogen (secondary N) is 2. The van der Waals surface area contributed by atoms with Crippen molar-refractivity contribution in [3.63, 3.8) is 0 Å². The molecule has 0 aromatic rings. The fourth-order valence-corrected chi connectivity index (χ4v) is 2.59. The number of hydrogen-bond donors (Lipinski definition) is 2. The molecule has 2 bridgehead atoms. The normalized spacial score (nSPS) is 34.8. The lowest BCUT2D eigenvalue weighted by Crippen LogP contribution is -2.36. The van der Waals surface area contributed by atoms with E-state index in [1.54, 1.807) is 7.11 Å². The van der Waals surface area contributed by atoms with Gasteiger partial charge in [-0.2, -0.15) is 0 Å². The van der Waals surface area contributed by atoms with Crippen LogP contribution in [0.5, 0.6) is 0 Å². The molecule has 2 aliphatic rings. The number of carbonyl (C=O) groups is 1. The zero-order chi connectivity index (χ0) is 9.97. The van der Waals surface area contributed by atoms with Gasteiger partial charge in [-0.05, 0) is 25.2 Å². The highest BCUT2D eigenvalue weighted by Crippen LogP contribution is 2.32. The fourth-order valence-electron chi connectivity index (χ4n) is 2.59. The maximum absolute atomic E-state index is 11.1. The van der Waals surface area contributed by atoms with Crippen molar-refractivity contribution in [3.05, 3.63) is 0 Å². The summed E-state index contributed by atoms with van der Waals surface area (Å²) in [6.07, 6.45) is 3.81. The molecule has 2 saturated heterocycles. The molecule has 0 radical (unpaired) electrons. The molecule has 0 spiro atoms. The smallest absolute Gasteiger partial charge is 0.245 e. The molecule has 2 rings (SSSR count). The van der Waals surface area contributed by atoms with Crippen molar-refractivity contribution >= 4 is 5.91 Å². The van der Waals surface area contributed by atoms with Gasteiger partial charge in [-0.3, -0.25) is 4.79 Å². The Morgan fingerprint density at radius 1 is 1.57 bits per heavy atom. The Bertz CT molecular complexity index is 220. The highest BCUT2D eigenvalue weighted by Gasteiger charge is 2.38. The van der Waals surface area contributed by atoms with Crippen LogP contribution >= 0.6 is 0 Å². The molecule has 3 unspecified atom stereocenters. The Hall–Kier alpha value is -0.610. The minimum absolute atomic E-state index is 0.00438. The second-order valence-electron chi connectivity index (χ2n) is 4.28. The molecule has 4 nitrogen and oxygen atoms in total. The molecule has 0 aliphatic carbocycles. The van der Waals surface area contributed by atoms with Gasteiger partial charge in [-0.1, -0.05) is 0 Å². The first-order valence-corrected chi connectivity index (χ1v) is 5.31. The summed E-state index contributed by atoms with van der Waals surface area (Å²) in [5.74, 6) is 0.629. The van der Waals surface area contributed by atoms with E-state index in [0.29, 0.717) is 18.0 Å². The van der Waals surface area contributed by atoms with Gasteiger partial charge in [-0.15, -0.1) is 0 Å². The zero-order valence-corrected chi connectivity index (χ0v) is 8.58. The van der Waals surface area contributed by atoms with Crippen molar-refractivity contribution < 1.29 is 9.53 Å². The van der Waals surface area contributed by atoms with E-state index >= 15 is 0 Å². The number of amides is 1. The third-order valence-electron chi connectivity index (χ3n) is 3.27. The van der Waals surface area contributed by atoms with Crippen molar-refractivity contribution in [1.29, 1.82) is 0 Å². The molecule has 2 N–H and O–H groups in total. The summed E-state index contributed by atoms with van der Waals surface area (Å²) in [6.45, 7) is 0.977. The molecule has 0 saturated carbocycles. The third kappa shape index (κ3) is 2.07. The Labute approximate surface area is 84.4 Å². The summed E-state index contributed by atoms with van der Waals surface area (Å²) in [5.41, 5.74) is 0. The van der Waals surface area contributed by atoms with Crippen LogP contribution in [0.3, 0.4) is 0 Å². The summed E-state index contributed by atoms with van der Waals surface area (Å²) in [4.78, 5) is 11.1. The number of hydrogen-bond acceptors (Lipinski definition) is 3. The van der Waals surface area contributed by atoms with E-state index in [1.165, 1.54) is 19.3 Å². The lowest BCUT2D eigenvalue weighted by Gasteiger charge is -2.20. The largest absolute Gasteiger partial charge is 0.375 e. The van der Waals surface area contributed by atoms with E-state index in [4.69, 9.17) is 4.74 Å². The van der Waals surface area contributed by atoms with Gasteiger partial charge in [-0.25, -0.2) is 0 Å². The first-order valence-electron chi connectivity index (χ1n) is 5.31. The summed E-state index contributed by atoms with van der Waals surface area (Å²) in [6, 6.07) is 1.35. The average Bonchev–Trinajstić information content (AvgIpc) is 2.76. The second-order valence-corrected chi connectivity index (χ2v) is 4.28. The highest BCUT2D eigenvalue weighted by atomic mass is 16.5. The summed E-state index contributed by atoms with van der Waals surface area (Å²) >= 11 is 0. The first-order chi connectivity index (χ1) is 6.79. The topological polar surface area (TPSA) is 50.4 Å². The zero-order valence-electron chi connectivity index (χ0n) is 8.58. The third-order valence-corrected chi connectivity index (χ3v) is 3.27. The minimum Gasteiger partial charge on any atom is -0.375 e. The first kappa shape index (κ1) is 9.93. The lowest BCUT2D eigenvalue weighted by atomic mass is 9.89. The molecule has 0 aromatic carbocycles. The van der Waals surface area contributed by atoms with Crippen LogP contribution in [0.15, 0.2) is 0 Å². The monoisotopic (exact) mass is 198 g/mol. The standard InChI is InChI=1S/C10H18N2O2/c1-14-6-10(13)11-5-7-4-8-2-3-9(7)12-8/h7-9,12H,2-6H2,1H3,(H,11,13). The van der Waals surface area contributed by atoms with E-state index in [-0.39, 0.29) is 12.5 Å². The predicted molar refractivity (Wildman–Crippen MR) is 52.9 cm³/mol. The van der Waals surface area contributed by atoms with E-state index in [1.807, 2.05) is 0 Å². The molecule has 4 heteroatoms. The molecule has 3 atom stereocenters. The van der Waals surface area contributed by atoms with Gasteiger partial charge in [0.15, 0.2) is 0 Å². The van der Waals surface area contributed by atoms with Gasteiger partial charge in [0.25, 0.3) is 0 Å². The second kappa shape index (κ2) is 4.28. The Morgan fingerprint density at radius 2 is 2.43 bits per heavy atom. The number of carbonyl (C=O) groups excluding carboxylic acids is 1. The maximum Gasteiger partial charge on any atom is 0.245 e. The van der Waals surface area contributed by atoms with Gasteiger partial charge < -0.3 is 15.4 Å². The summed E-state index contributed by atoms with van der Waals surface area (Å²) < 4.78 is 4.75. The van der Waals surface area contributed by atoms with E-state index in [0.717, 1.165) is 6.54 Å². The number of fused-ring (bicyclic) bond motifs is 2. The van der Waals surface area contributed by atoms with Crippen LogP contribution in [-0.2, 0) is 9.53 Å². The van der Waals surface area contributed by atoms with Crippen LogP contribution in [0.25, 0.3) is 0 Å². The van der Waals surface area contributed by atoms with Crippen molar-refractivity contribution in [2.45, 2.75) is 31.3 Å². The molecular weight excluding hydrogens is 180 g/mol. The lowest BCUT2D eigenvalue weighted by molar-refractivity contribution is -0.124. The Balaban J connectivity index is 1.69. The van der Waals surface area contributed by atoms with E-state index < -0.39 is 0 Å². The molecular formula is C10H18N2O2. The van der Waals surface area contributed by atoms with Gasteiger partial charge in [0, 0.05) is 25.7 Å². The fraction of sp³-hybridized carbons (Fsp3) is 0.900. The predicted octanol–water partition coefficient (Wildman–Crippen LogP) is -0.110. The quantitative estimate of drug-likeness (QED) is 0.662. The van der Waals surface area contributed by atoms with Crippen molar-refractivity contribution in [2.75, 3.05) is 20.3 Å². The molecule has 1 amide bonds. The Kier molecular flexibility index (Phi) is 3.03. The van der Waals surface area contributed by atoms with Crippen LogP contribution < -0.4 is 10.6 Å². The number of rotatable bonds is 4. The van der Waals surface area contributed by atoms with Crippen LogP contribution in [0.2, 0.25) is 0 Å². The van der Waals surface area contributed by atoms with Gasteiger partial charge in [0.1, 0.15) is 6.61 Å². The number of ether oxygens (including phenoxy) is 1. The maximum atomic E-state index is 11.1. The van der Waals surface area contributed by atoms with Crippen molar-refractivity contribution in [2.24, 2.45) is 5.92 Å². The SMILES string of the molecule is COCC(=O)NCC1CC2CCC1N2. The van der Waals surface area contributed by atoms with Crippen LogP contribution in [0.4, 0.5) is 0 Å². The summed E-state index contributed by atoms with van der Waals surface area (Å²) in [7, 11) is 1.54.